The summed E-state index contributed by atoms with van der Waals surface area (Å²) in [6.45, 7) is 7.51. The van der Waals surface area contributed by atoms with E-state index in [-0.39, 0.29) is 24.0 Å². The zero-order chi connectivity index (χ0) is 24.4. The standard InChI is InChI=1S/C26H26N2O5S/c1-5-32-25(31)22-16(4)27-26-28(23(22)18-11-7-9-13-20(18)33-15(2)3)24(30)21(34-26)14-17-10-6-8-12-19(17)29/h6-15,23,29H,5H2,1-4H3/b21-14-/t23-/m1/s1. The molecule has 176 valence electrons. The molecule has 0 bridgehead atoms. The second-order valence-corrected chi connectivity index (χ2v) is 9.07. The first-order valence-electron chi connectivity index (χ1n) is 11.0. The Morgan fingerprint density at radius 2 is 1.91 bits per heavy atom. The van der Waals surface area contributed by atoms with Crippen molar-refractivity contribution in [3.63, 3.8) is 0 Å². The molecule has 1 N–H and O–H groups in total. The third-order valence-corrected chi connectivity index (χ3v) is 6.30. The Bertz CT molecular complexity index is 1450. The zero-order valence-electron chi connectivity index (χ0n) is 19.4. The van der Waals surface area contributed by atoms with Gasteiger partial charge in [0.25, 0.3) is 5.56 Å². The fourth-order valence-electron chi connectivity index (χ4n) is 3.90. The number of phenols is 1. The first kappa shape index (κ1) is 23.5. The zero-order valence-corrected chi connectivity index (χ0v) is 20.3. The summed E-state index contributed by atoms with van der Waals surface area (Å²) in [7, 11) is 0. The average molecular weight is 479 g/mol. The smallest absolute Gasteiger partial charge is 0.338 e. The molecule has 1 aliphatic rings. The van der Waals surface area contributed by atoms with Gasteiger partial charge >= 0.3 is 5.97 Å². The maximum atomic E-state index is 13.7. The molecule has 3 aromatic rings. The molecule has 0 radical (unpaired) electrons. The Kier molecular flexibility index (Phi) is 6.70. The number of para-hydroxylation sites is 2. The normalized spacial score (nSPS) is 15.8. The van der Waals surface area contributed by atoms with Crippen LogP contribution in [0.25, 0.3) is 6.08 Å². The number of fused-ring (bicyclic) bond motifs is 1. The predicted molar refractivity (Wildman–Crippen MR) is 131 cm³/mol. The van der Waals surface area contributed by atoms with Gasteiger partial charge < -0.3 is 14.6 Å². The summed E-state index contributed by atoms with van der Waals surface area (Å²) in [5, 5.41) is 10.2. The van der Waals surface area contributed by atoms with Crippen LogP contribution in [-0.2, 0) is 9.53 Å². The van der Waals surface area contributed by atoms with E-state index in [0.29, 0.717) is 37.5 Å². The minimum atomic E-state index is -0.767. The second kappa shape index (κ2) is 9.69. The third-order valence-electron chi connectivity index (χ3n) is 5.32. The van der Waals surface area contributed by atoms with Crippen LogP contribution in [-0.4, -0.2) is 28.4 Å². The van der Waals surface area contributed by atoms with Gasteiger partial charge in [-0.15, -0.1) is 0 Å². The van der Waals surface area contributed by atoms with Crippen LogP contribution < -0.4 is 19.6 Å². The van der Waals surface area contributed by atoms with E-state index in [4.69, 9.17) is 9.47 Å². The number of phenolic OH excluding ortho intramolecular Hbond substituents is 1. The molecule has 0 saturated carbocycles. The van der Waals surface area contributed by atoms with E-state index in [0.717, 1.165) is 0 Å². The summed E-state index contributed by atoms with van der Waals surface area (Å²) in [6.07, 6.45) is 1.53. The van der Waals surface area contributed by atoms with Gasteiger partial charge in [-0.05, 0) is 45.9 Å². The van der Waals surface area contributed by atoms with Crippen molar-refractivity contribution in [1.82, 2.24) is 4.57 Å². The molecule has 8 heteroatoms. The van der Waals surface area contributed by atoms with Gasteiger partial charge in [0.2, 0.25) is 0 Å². The van der Waals surface area contributed by atoms with Gasteiger partial charge in [-0.2, -0.15) is 0 Å². The molecule has 0 fully saturated rings. The minimum Gasteiger partial charge on any atom is -0.507 e. The fourth-order valence-corrected chi connectivity index (χ4v) is 4.94. The number of aromatic nitrogens is 1. The van der Waals surface area contributed by atoms with Crippen LogP contribution >= 0.6 is 11.3 Å². The van der Waals surface area contributed by atoms with E-state index in [2.05, 4.69) is 4.99 Å². The summed E-state index contributed by atoms with van der Waals surface area (Å²) in [4.78, 5) is 31.8. The molecule has 1 aliphatic heterocycles. The van der Waals surface area contributed by atoms with Crippen molar-refractivity contribution in [3.05, 3.63) is 90.6 Å². The van der Waals surface area contributed by atoms with Gasteiger partial charge in [-0.3, -0.25) is 9.36 Å². The number of allylic oxidation sites excluding steroid dienone is 1. The maximum Gasteiger partial charge on any atom is 0.338 e. The van der Waals surface area contributed by atoms with Gasteiger partial charge in [0.1, 0.15) is 17.5 Å². The van der Waals surface area contributed by atoms with E-state index in [1.165, 1.54) is 15.9 Å². The molecule has 0 aliphatic carbocycles. The van der Waals surface area contributed by atoms with Gasteiger partial charge in [-0.1, -0.05) is 47.7 Å². The van der Waals surface area contributed by atoms with Crippen LogP contribution in [0.4, 0.5) is 0 Å². The number of thiazole rings is 1. The van der Waals surface area contributed by atoms with Crippen molar-refractivity contribution < 1.29 is 19.4 Å². The van der Waals surface area contributed by atoms with Gasteiger partial charge in [-0.25, -0.2) is 9.79 Å². The maximum absolute atomic E-state index is 13.7. The summed E-state index contributed by atoms with van der Waals surface area (Å²) >= 11 is 1.20. The van der Waals surface area contributed by atoms with Crippen molar-refractivity contribution in [1.29, 1.82) is 0 Å². The highest BCUT2D eigenvalue weighted by molar-refractivity contribution is 7.07. The van der Waals surface area contributed by atoms with E-state index in [1.807, 2.05) is 38.1 Å². The number of aromatic hydroxyl groups is 1. The molecule has 0 amide bonds. The third kappa shape index (κ3) is 4.41. The molecule has 7 nitrogen and oxygen atoms in total. The Morgan fingerprint density at radius 3 is 2.62 bits per heavy atom. The summed E-state index contributed by atoms with van der Waals surface area (Å²) < 4.78 is 13.3. The molecular formula is C26H26N2O5S. The molecule has 2 heterocycles. The van der Waals surface area contributed by atoms with E-state index in [9.17, 15) is 14.7 Å². The fraction of sp³-hybridized carbons (Fsp3) is 0.269. The molecule has 1 atom stereocenters. The number of ether oxygens (including phenoxy) is 2. The SMILES string of the molecule is CCOC(=O)C1=C(C)N=c2s/c(=C\c3ccccc3O)c(=O)n2[C@@H]1c1ccccc1OC(C)C. The first-order chi connectivity index (χ1) is 16.3. The van der Waals surface area contributed by atoms with Crippen LogP contribution in [0.5, 0.6) is 11.5 Å². The molecule has 0 saturated heterocycles. The number of carbonyl (C=O) groups is 1. The lowest BCUT2D eigenvalue weighted by Gasteiger charge is -2.26. The van der Waals surface area contributed by atoms with E-state index >= 15 is 0 Å². The number of hydrogen-bond acceptors (Lipinski definition) is 7. The lowest BCUT2D eigenvalue weighted by molar-refractivity contribution is -0.139. The van der Waals surface area contributed by atoms with Crippen molar-refractivity contribution in [2.24, 2.45) is 4.99 Å². The molecule has 34 heavy (non-hydrogen) atoms. The first-order valence-corrected chi connectivity index (χ1v) is 11.9. The predicted octanol–water partition coefficient (Wildman–Crippen LogP) is 3.29. The highest BCUT2D eigenvalue weighted by Crippen LogP contribution is 2.36. The Hall–Kier alpha value is -3.65. The highest BCUT2D eigenvalue weighted by Gasteiger charge is 2.35. The van der Waals surface area contributed by atoms with Crippen LogP contribution in [0.15, 0.2) is 69.6 Å². The van der Waals surface area contributed by atoms with Crippen molar-refractivity contribution in [3.8, 4) is 11.5 Å². The quantitative estimate of drug-likeness (QED) is 0.549. The topological polar surface area (TPSA) is 90.1 Å². The Balaban J connectivity index is 2.00. The summed E-state index contributed by atoms with van der Waals surface area (Å²) in [5.41, 5.74) is 1.66. The average Bonchev–Trinajstić information content (AvgIpc) is 3.09. The molecule has 4 rings (SSSR count). The molecular weight excluding hydrogens is 452 g/mol. The molecule has 2 aromatic carbocycles. The van der Waals surface area contributed by atoms with Crippen LogP contribution in [0, 0.1) is 0 Å². The summed E-state index contributed by atoms with van der Waals surface area (Å²) in [6, 6.07) is 13.4. The Labute approximate surface area is 200 Å². The number of esters is 1. The highest BCUT2D eigenvalue weighted by atomic mass is 32.1. The lowest BCUT2D eigenvalue weighted by atomic mass is 9.95. The number of carbonyl (C=O) groups excluding carboxylic acids is 1. The largest absolute Gasteiger partial charge is 0.507 e. The number of nitrogens with zero attached hydrogens (tertiary/aromatic N) is 2. The Morgan fingerprint density at radius 1 is 1.21 bits per heavy atom. The van der Waals surface area contributed by atoms with Crippen LogP contribution in [0.1, 0.15) is 44.9 Å². The van der Waals surface area contributed by atoms with E-state index in [1.54, 1.807) is 44.2 Å². The summed E-state index contributed by atoms with van der Waals surface area (Å²) in [5.74, 6) is 0.126. The molecule has 0 spiro atoms. The second-order valence-electron chi connectivity index (χ2n) is 8.07. The van der Waals surface area contributed by atoms with Crippen molar-refractivity contribution in [2.75, 3.05) is 6.61 Å². The monoisotopic (exact) mass is 478 g/mol. The van der Waals surface area contributed by atoms with E-state index < -0.39 is 12.0 Å². The van der Waals surface area contributed by atoms with Gasteiger partial charge in [0, 0.05) is 11.1 Å². The lowest BCUT2D eigenvalue weighted by Crippen LogP contribution is -2.40. The van der Waals surface area contributed by atoms with Crippen molar-refractivity contribution >= 4 is 23.4 Å². The van der Waals surface area contributed by atoms with Gasteiger partial charge in [0.05, 0.1) is 28.5 Å². The van der Waals surface area contributed by atoms with Gasteiger partial charge in [0.15, 0.2) is 4.80 Å². The molecule has 1 aromatic heterocycles. The van der Waals surface area contributed by atoms with Crippen molar-refractivity contribution in [2.45, 2.75) is 39.8 Å². The number of rotatable bonds is 6. The molecule has 0 unspecified atom stereocenters. The van der Waals surface area contributed by atoms with Crippen LogP contribution in [0.3, 0.4) is 0 Å². The number of hydrogen-bond donors (Lipinski definition) is 1. The minimum absolute atomic E-state index is 0.0731. The van der Waals surface area contributed by atoms with Crippen LogP contribution in [0.2, 0.25) is 0 Å². The number of benzene rings is 2.